The molecule has 3 heterocycles. The molecule has 27 heavy (non-hydrogen) atoms. The Bertz CT molecular complexity index is 886. The molecule has 1 aliphatic carbocycles. The summed E-state index contributed by atoms with van der Waals surface area (Å²) in [7, 11) is 0. The highest BCUT2D eigenvalue weighted by Gasteiger charge is 2.18. The summed E-state index contributed by atoms with van der Waals surface area (Å²) in [6.07, 6.45) is 7.88. The Balaban J connectivity index is 1.42. The van der Waals surface area contributed by atoms with Gasteiger partial charge in [-0.05, 0) is 42.3 Å². The van der Waals surface area contributed by atoms with Gasteiger partial charge in [-0.2, -0.15) is 0 Å². The average molecular weight is 383 g/mol. The molecule has 1 fully saturated rings. The van der Waals surface area contributed by atoms with Crippen molar-refractivity contribution in [3.8, 4) is 16.4 Å². The van der Waals surface area contributed by atoms with E-state index in [0.29, 0.717) is 29.9 Å². The maximum atomic E-state index is 12.5. The number of carbonyl (C=O) groups is 1. The van der Waals surface area contributed by atoms with Crippen molar-refractivity contribution in [1.82, 2.24) is 10.1 Å². The number of thiophene rings is 1. The zero-order valence-electron chi connectivity index (χ0n) is 14.9. The molecule has 0 saturated heterocycles. The minimum absolute atomic E-state index is 0.210. The monoisotopic (exact) mass is 383 g/mol. The van der Waals surface area contributed by atoms with E-state index in [9.17, 15) is 4.79 Å². The van der Waals surface area contributed by atoms with Crippen molar-refractivity contribution in [2.24, 2.45) is 5.92 Å². The number of amides is 1. The highest BCUT2D eigenvalue weighted by molar-refractivity contribution is 7.13. The van der Waals surface area contributed by atoms with Gasteiger partial charge in [0.2, 0.25) is 0 Å². The molecule has 6 nitrogen and oxygen atoms in total. The average Bonchev–Trinajstić information content (AvgIpc) is 3.40. The number of nitrogens with one attached hydrogen (secondary N) is 1. The lowest BCUT2D eigenvalue weighted by atomic mass is 9.90. The van der Waals surface area contributed by atoms with Gasteiger partial charge in [0, 0.05) is 12.3 Å². The second-order valence-electron chi connectivity index (χ2n) is 6.67. The summed E-state index contributed by atoms with van der Waals surface area (Å²) in [6.45, 7) is 0.654. The fourth-order valence-electron chi connectivity index (χ4n) is 3.25. The van der Waals surface area contributed by atoms with Crippen LogP contribution in [0.2, 0.25) is 0 Å². The second kappa shape index (κ2) is 8.35. The van der Waals surface area contributed by atoms with E-state index in [1.165, 1.54) is 43.4 Å². The van der Waals surface area contributed by atoms with Crippen LogP contribution in [0.1, 0.15) is 42.6 Å². The van der Waals surface area contributed by atoms with Crippen LogP contribution in [0, 0.1) is 5.92 Å². The predicted molar refractivity (Wildman–Crippen MR) is 104 cm³/mol. The van der Waals surface area contributed by atoms with Gasteiger partial charge in [0.1, 0.15) is 0 Å². The molecule has 0 atom stereocenters. The Morgan fingerprint density at radius 1 is 1.26 bits per heavy atom. The van der Waals surface area contributed by atoms with Crippen LogP contribution < -0.4 is 10.1 Å². The van der Waals surface area contributed by atoms with Crippen LogP contribution in [0.25, 0.3) is 10.6 Å². The Labute approximate surface area is 161 Å². The van der Waals surface area contributed by atoms with Gasteiger partial charge in [0.15, 0.2) is 23.0 Å². The minimum Gasteiger partial charge on any atom is -0.489 e. The van der Waals surface area contributed by atoms with Crippen molar-refractivity contribution in [3.05, 3.63) is 47.6 Å². The first-order valence-electron chi connectivity index (χ1n) is 9.19. The molecule has 0 aromatic carbocycles. The molecule has 1 aliphatic rings. The van der Waals surface area contributed by atoms with Crippen molar-refractivity contribution in [2.45, 2.75) is 32.1 Å². The van der Waals surface area contributed by atoms with Crippen LogP contribution in [0.15, 0.2) is 46.4 Å². The highest BCUT2D eigenvalue weighted by atomic mass is 32.1. The molecule has 140 valence electrons. The lowest BCUT2D eigenvalue weighted by Gasteiger charge is -2.22. The van der Waals surface area contributed by atoms with Gasteiger partial charge in [-0.15, -0.1) is 11.3 Å². The van der Waals surface area contributed by atoms with Crippen LogP contribution in [-0.2, 0) is 0 Å². The summed E-state index contributed by atoms with van der Waals surface area (Å²) in [5.41, 5.74) is 0.210. The van der Waals surface area contributed by atoms with E-state index >= 15 is 0 Å². The van der Waals surface area contributed by atoms with Crippen molar-refractivity contribution in [2.75, 3.05) is 11.9 Å². The van der Waals surface area contributed by atoms with Gasteiger partial charge in [-0.3, -0.25) is 4.79 Å². The molecule has 4 rings (SSSR count). The topological polar surface area (TPSA) is 77.2 Å². The third-order valence-electron chi connectivity index (χ3n) is 4.71. The molecule has 3 aromatic heterocycles. The summed E-state index contributed by atoms with van der Waals surface area (Å²) >= 11 is 1.53. The minimum atomic E-state index is -0.372. The molecule has 0 bridgehead atoms. The fourth-order valence-corrected chi connectivity index (χ4v) is 3.92. The largest absolute Gasteiger partial charge is 0.489 e. The van der Waals surface area contributed by atoms with E-state index in [0.717, 1.165) is 4.88 Å². The van der Waals surface area contributed by atoms with E-state index in [1.54, 1.807) is 18.3 Å². The number of nitrogens with zero attached hydrogens (tertiary/aromatic N) is 2. The molecule has 0 spiro atoms. The van der Waals surface area contributed by atoms with E-state index in [4.69, 9.17) is 9.26 Å². The molecule has 7 heteroatoms. The van der Waals surface area contributed by atoms with Crippen LogP contribution in [0.3, 0.4) is 0 Å². The molecule has 0 unspecified atom stereocenters. The number of pyridine rings is 1. The van der Waals surface area contributed by atoms with Gasteiger partial charge >= 0.3 is 0 Å². The maximum absolute atomic E-state index is 12.5. The SMILES string of the molecule is O=C(Nc1ncccc1OCC1CCCCC1)c1cc(-c2cccs2)on1. The predicted octanol–water partition coefficient (Wildman–Crippen LogP) is 5.01. The molecule has 3 aromatic rings. The summed E-state index contributed by atoms with van der Waals surface area (Å²) in [6, 6.07) is 9.10. The highest BCUT2D eigenvalue weighted by Crippen LogP contribution is 2.28. The first kappa shape index (κ1) is 17.7. The van der Waals surface area contributed by atoms with Crippen LogP contribution in [-0.4, -0.2) is 22.7 Å². The molecule has 1 N–H and O–H groups in total. The normalized spacial score (nSPS) is 14.8. The standard InChI is InChI=1S/C20H21N3O3S/c24-20(15-12-17(26-23-15)18-9-5-11-27-18)22-19-16(8-4-10-21-19)25-13-14-6-2-1-3-7-14/h4-5,8-12,14H,1-3,6-7,13H2,(H,21,22,24). The lowest BCUT2D eigenvalue weighted by Crippen LogP contribution is -2.18. The third-order valence-corrected chi connectivity index (χ3v) is 5.59. The third kappa shape index (κ3) is 4.36. The Kier molecular flexibility index (Phi) is 5.48. The van der Waals surface area contributed by atoms with Crippen LogP contribution >= 0.6 is 11.3 Å². The molecular weight excluding hydrogens is 362 g/mol. The number of carbonyl (C=O) groups excluding carboxylic acids is 1. The van der Waals surface area contributed by atoms with E-state index in [-0.39, 0.29) is 11.6 Å². The van der Waals surface area contributed by atoms with Gasteiger partial charge in [-0.25, -0.2) is 4.98 Å². The van der Waals surface area contributed by atoms with Crippen molar-refractivity contribution >= 4 is 23.1 Å². The molecular formula is C20H21N3O3S. The number of rotatable bonds is 6. The number of hydrogen-bond acceptors (Lipinski definition) is 6. The van der Waals surface area contributed by atoms with Crippen LogP contribution in [0.5, 0.6) is 5.75 Å². The molecule has 0 aliphatic heterocycles. The summed E-state index contributed by atoms with van der Waals surface area (Å²) < 4.78 is 11.2. The molecule has 0 radical (unpaired) electrons. The quantitative estimate of drug-likeness (QED) is 0.647. The maximum Gasteiger partial charge on any atom is 0.279 e. The van der Waals surface area contributed by atoms with Crippen molar-refractivity contribution in [3.63, 3.8) is 0 Å². The van der Waals surface area contributed by atoms with Crippen molar-refractivity contribution in [1.29, 1.82) is 0 Å². The second-order valence-corrected chi connectivity index (χ2v) is 7.62. The van der Waals surface area contributed by atoms with Crippen molar-refractivity contribution < 1.29 is 14.1 Å². The van der Waals surface area contributed by atoms with Gasteiger partial charge in [0.05, 0.1) is 11.5 Å². The lowest BCUT2D eigenvalue weighted by molar-refractivity contribution is 0.101. The summed E-state index contributed by atoms with van der Waals surface area (Å²) in [5, 5.41) is 8.59. The summed E-state index contributed by atoms with van der Waals surface area (Å²) in [4.78, 5) is 17.7. The first-order chi connectivity index (χ1) is 13.3. The Hall–Kier alpha value is -2.67. The molecule has 1 saturated carbocycles. The van der Waals surface area contributed by atoms with Gasteiger partial charge in [-0.1, -0.05) is 30.5 Å². The smallest absolute Gasteiger partial charge is 0.279 e. The Morgan fingerprint density at radius 3 is 2.96 bits per heavy atom. The number of ether oxygens (including phenoxy) is 1. The van der Waals surface area contributed by atoms with E-state index in [2.05, 4.69) is 15.5 Å². The van der Waals surface area contributed by atoms with Gasteiger partial charge < -0.3 is 14.6 Å². The van der Waals surface area contributed by atoms with E-state index in [1.807, 2.05) is 23.6 Å². The van der Waals surface area contributed by atoms with Gasteiger partial charge in [0.25, 0.3) is 5.91 Å². The fraction of sp³-hybridized carbons (Fsp3) is 0.350. The van der Waals surface area contributed by atoms with E-state index < -0.39 is 0 Å². The zero-order valence-corrected chi connectivity index (χ0v) is 15.7. The van der Waals surface area contributed by atoms with Crippen LogP contribution in [0.4, 0.5) is 5.82 Å². The Morgan fingerprint density at radius 2 is 2.15 bits per heavy atom. The molecule has 1 amide bonds. The zero-order chi connectivity index (χ0) is 18.5. The first-order valence-corrected chi connectivity index (χ1v) is 10.1. The number of hydrogen-bond donors (Lipinski definition) is 1. The number of aromatic nitrogens is 2. The summed E-state index contributed by atoms with van der Waals surface area (Å²) in [5.74, 6) is 1.76. The number of anilines is 1.